The molecule has 4 aromatic heterocycles. The fourth-order valence-corrected chi connectivity index (χ4v) is 4.36. The van der Waals surface area contributed by atoms with E-state index in [2.05, 4.69) is 34.8 Å². The fraction of sp³-hybridized carbons (Fsp3) is 0.286. The summed E-state index contributed by atoms with van der Waals surface area (Å²) < 4.78 is 48.1. The lowest BCUT2D eigenvalue weighted by molar-refractivity contribution is -0.159. The zero-order valence-electron chi connectivity index (χ0n) is 18.4. The smallest absolute Gasteiger partial charge is 0.378 e. The standard InChI is InChI=1S/C21H17F3N8O3S/c22-21(23,24)20-28-18(30-35-20)15-2-1-14(36-15)12-32(17-11-25-3-4-26-17)16-9-13(10-27-29-16)19(33)31-5-7-34-8-6-31/h1-4,9-11H,5-8,12H2. The van der Waals surface area contributed by atoms with E-state index in [0.29, 0.717) is 48.4 Å². The first-order valence-electron chi connectivity index (χ1n) is 10.6. The van der Waals surface area contributed by atoms with Gasteiger partial charge in [0.05, 0.1) is 42.6 Å². The Morgan fingerprint density at radius 3 is 2.69 bits per heavy atom. The van der Waals surface area contributed by atoms with Crippen molar-refractivity contribution in [2.75, 3.05) is 31.2 Å². The first-order valence-corrected chi connectivity index (χ1v) is 11.4. The number of carbonyl (C=O) groups excluding carboxylic acids is 1. The lowest BCUT2D eigenvalue weighted by Crippen LogP contribution is -2.40. The first kappa shape index (κ1) is 23.7. The minimum Gasteiger partial charge on any atom is -0.378 e. The molecule has 1 amide bonds. The van der Waals surface area contributed by atoms with Crippen molar-refractivity contribution in [1.29, 1.82) is 0 Å². The van der Waals surface area contributed by atoms with Crippen LogP contribution in [0.5, 0.6) is 0 Å². The maximum absolute atomic E-state index is 13.0. The Kier molecular flexibility index (Phi) is 6.56. The predicted octanol–water partition coefficient (Wildman–Crippen LogP) is 3.21. The number of halogens is 3. The number of nitrogens with zero attached hydrogens (tertiary/aromatic N) is 8. The Morgan fingerprint density at radius 1 is 1.14 bits per heavy atom. The van der Waals surface area contributed by atoms with Gasteiger partial charge in [-0.3, -0.25) is 9.78 Å². The van der Waals surface area contributed by atoms with Crippen LogP contribution in [-0.4, -0.2) is 67.4 Å². The van der Waals surface area contributed by atoms with Gasteiger partial charge in [0.25, 0.3) is 5.91 Å². The van der Waals surface area contributed by atoms with Gasteiger partial charge in [-0.1, -0.05) is 5.16 Å². The van der Waals surface area contributed by atoms with Crippen LogP contribution in [0.2, 0.25) is 0 Å². The van der Waals surface area contributed by atoms with Crippen LogP contribution in [-0.2, 0) is 17.5 Å². The van der Waals surface area contributed by atoms with Gasteiger partial charge in [-0.05, 0) is 18.2 Å². The molecule has 0 spiro atoms. The highest BCUT2D eigenvalue weighted by atomic mass is 32.1. The third kappa shape index (κ3) is 5.16. The van der Waals surface area contributed by atoms with Crippen molar-refractivity contribution in [2.45, 2.75) is 12.7 Å². The van der Waals surface area contributed by atoms with Crippen LogP contribution in [0.25, 0.3) is 10.7 Å². The monoisotopic (exact) mass is 518 g/mol. The molecule has 4 aromatic rings. The number of anilines is 2. The molecular weight excluding hydrogens is 501 g/mol. The van der Waals surface area contributed by atoms with Crippen LogP contribution in [0.1, 0.15) is 21.1 Å². The molecule has 1 aliphatic heterocycles. The number of carbonyl (C=O) groups is 1. The quantitative estimate of drug-likeness (QED) is 0.376. The third-order valence-electron chi connectivity index (χ3n) is 5.15. The highest BCUT2D eigenvalue weighted by Gasteiger charge is 2.38. The average Bonchev–Trinajstić information content (AvgIpc) is 3.58. The second-order valence-corrected chi connectivity index (χ2v) is 8.71. The van der Waals surface area contributed by atoms with E-state index in [1.54, 1.807) is 28.0 Å². The number of ether oxygens (including phenoxy) is 1. The SMILES string of the molecule is O=C(c1cnnc(N(Cc2ccc(-c3noc(C(F)(F)F)n3)s2)c2cnccn2)c1)N1CCOCC1. The zero-order valence-corrected chi connectivity index (χ0v) is 19.2. The van der Waals surface area contributed by atoms with E-state index in [9.17, 15) is 18.0 Å². The van der Waals surface area contributed by atoms with E-state index < -0.39 is 12.1 Å². The third-order valence-corrected chi connectivity index (χ3v) is 6.22. The van der Waals surface area contributed by atoms with Crippen LogP contribution >= 0.6 is 11.3 Å². The summed E-state index contributed by atoms with van der Waals surface area (Å²) in [6, 6.07) is 4.94. The van der Waals surface area contributed by atoms with Crippen molar-refractivity contribution >= 4 is 28.9 Å². The topological polar surface area (TPSA) is 123 Å². The van der Waals surface area contributed by atoms with Crippen molar-refractivity contribution in [3.63, 3.8) is 0 Å². The summed E-state index contributed by atoms with van der Waals surface area (Å²) >= 11 is 1.18. The highest BCUT2D eigenvalue weighted by Crippen LogP contribution is 2.33. The first-order chi connectivity index (χ1) is 17.4. The summed E-state index contributed by atoms with van der Waals surface area (Å²) in [7, 11) is 0. The lowest BCUT2D eigenvalue weighted by Gasteiger charge is -2.27. The minimum absolute atomic E-state index is 0.164. The number of aromatic nitrogens is 6. The number of rotatable bonds is 6. The predicted molar refractivity (Wildman–Crippen MR) is 119 cm³/mol. The molecule has 5 heterocycles. The fourth-order valence-electron chi connectivity index (χ4n) is 3.44. The van der Waals surface area contributed by atoms with Gasteiger partial charge < -0.3 is 19.1 Å². The summed E-state index contributed by atoms with van der Waals surface area (Å²) in [6.45, 7) is 2.11. The summed E-state index contributed by atoms with van der Waals surface area (Å²) in [5, 5.41) is 11.6. The van der Waals surface area contributed by atoms with E-state index in [0.717, 1.165) is 4.88 Å². The number of morpholine rings is 1. The van der Waals surface area contributed by atoms with E-state index >= 15 is 0 Å². The summed E-state index contributed by atoms with van der Waals surface area (Å²) in [5.74, 6) is -0.974. The minimum atomic E-state index is -4.73. The summed E-state index contributed by atoms with van der Waals surface area (Å²) in [6.07, 6.45) is 1.23. The van der Waals surface area contributed by atoms with Crippen LogP contribution in [0.15, 0.2) is 47.5 Å². The average molecular weight is 518 g/mol. The van der Waals surface area contributed by atoms with Crippen molar-refractivity contribution < 1.29 is 27.2 Å². The van der Waals surface area contributed by atoms with E-state index in [1.807, 2.05) is 0 Å². The number of alkyl halides is 3. The summed E-state index contributed by atoms with van der Waals surface area (Å²) in [4.78, 5) is 29.3. The van der Waals surface area contributed by atoms with Crippen molar-refractivity contribution in [2.24, 2.45) is 0 Å². The molecule has 36 heavy (non-hydrogen) atoms. The van der Waals surface area contributed by atoms with Crippen LogP contribution in [0, 0.1) is 0 Å². The van der Waals surface area contributed by atoms with Crippen LogP contribution < -0.4 is 4.90 Å². The summed E-state index contributed by atoms with van der Waals surface area (Å²) in [5.41, 5.74) is 0.356. The van der Waals surface area contributed by atoms with Gasteiger partial charge in [0, 0.05) is 30.4 Å². The van der Waals surface area contributed by atoms with Gasteiger partial charge in [-0.25, -0.2) is 4.98 Å². The van der Waals surface area contributed by atoms with E-state index in [4.69, 9.17) is 4.74 Å². The molecule has 0 aliphatic carbocycles. The molecule has 5 rings (SSSR count). The van der Waals surface area contributed by atoms with Gasteiger partial charge in [0.15, 0.2) is 11.6 Å². The van der Waals surface area contributed by atoms with E-state index in [-0.39, 0.29) is 18.3 Å². The van der Waals surface area contributed by atoms with E-state index in [1.165, 1.54) is 36.1 Å². The van der Waals surface area contributed by atoms with Crippen molar-refractivity contribution in [1.82, 2.24) is 35.2 Å². The molecule has 11 nitrogen and oxygen atoms in total. The molecule has 0 N–H and O–H groups in total. The molecule has 0 radical (unpaired) electrons. The Labute approximate surface area is 205 Å². The number of hydrogen-bond acceptors (Lipinski definition) is 11. The van der Waals surface area contributed by atoms with Crippen LogP contribution in [0.4, 0.5) is 24.8 Å². The van der Waals surface area contributed by atoms with Crippen molar-refractivity contribution in [3.05, 3.63) is 59.3 Å². The Hall–Kier alpha value is -3.98. The van der Waals surface area contributed by atoms with Crippen LogP contribution in [0.3, 0.4) is 0 Å². The zero-order chi connectivity index (χ0) is 25.1. The largest absolute Gasteiger partial charge is 0.471 e. The molecule has 0 saturated carbocycles. The number of amides is 1. The Bertz CT molecular complexity index is 1340. The highest BCUT2D eigenvalue weighted by molar-refractivity contribution is 7.15. The van der Waals surface area contributed by atoms with Crippen molar-refractivity contribution in [3.8, 4) is 10.7 Å². The van der Waals surface area contributed by atoms with Gasteiger partial charge in [-0.2, -0.15) is 23.3 Å². The van der Waals surface area contributed by atoms with Gasteiger partial charge in [-0.15, -0.1) is 16.4 Å². The van der Waals surface area contributed by atoms with Gasteiger partial charge in [0.2, 0.25) is 5.82 Å². The Morgan fingerprint density at radius 2 is 1.97 bits per heavy atom. The van der Waals surface area contributed by atoms with Gasteiger partial charge in [0.1, 0.15) is 0 Å². The molecule has 186 valence electrons. The normalized spacial score (nSPS) is 14.1. The molecule has 1 aliphatic rings. The molecule has 0 unspecified atom stereocenters. The molecule has 1 fully saturated rings. The van der Waals surface area contributed by atoms with Gasteiger partial charge >= 0.3 is 12.1 Å². The molecule has 0 bridgehead atoms. The molecule has 0 atom stereocenters. The second kappa shape index (κ2) is 9.94. The Balaban J connectivity index is 1.42. The number of thiophene rings is 1. The maximum Gasteiger partial charge on any atom is 0.471 e. The molecular formula is C21H17F3N8O3S. The molecule has 15 heteroatoms. The second-order valence-electron chi connectivity index (χ2n) is 7.54. The molecule has 0 aromatic carbocycles. The number of hydrogen-bond donors (Lipinski definition) is 0. The lowest BCUT2D eigenvalue weighted by atomic mass is 10.2. The maximum atomic E-state index is 13.0. The molecule has 1 saturated heterocycles.